The number of hydrogen-bond donors (Lipinski definition) is 0. The minimum absolute atomic E-state index is 0.122. The number of hydrogen-bond acceptors (Lipinski definition) is 2. The molecule has 0 amide bonds. The van der Waals surface area contributed by atoms with Crippen LogP contribution in [0.3, 0.4) is 0 Å². The van der Waals surface area contributed by atoms with E-state index in [-0.39, 0.29) is 18.8 Å². The quantitative estimate of drug-likeness (QED) is 0.763. The molecule has 1 atom stereocenters. The molecule has 0 bridgehead atoms. The molecule has 1 saturated heterocycles. The molecule has 0 aromatic heterocycles. The molecule has 0 aliphatic carbocycles. The molecule has 0 N–H and O–H groups in total. The van der Waals surface area contributed by atoms with Gasteiger partial charge < -0.3 is 9.31 Å². The molecule has 0 radical (unpaired) electrons. The van der Waals surface area contributed by atoms with Crippen LogP contribution < -0.4 is 5.46 Å². The standard InChI is InChI=1S/C15H23BO2/c1-6-7-13-8-9-14(11(2)10-13)16-17-12(3)15(4,5)18-16/h8-10,12H,6-7H2,1-5H3. The summed E-state index contributed by atoms with van der Waals surface area (Å²) in [4.78, 5) is 0. The smallest absolute Gasteiger partial charge is 0.402 e. The molecule has 3 heteroatoms. The molecule has 1 unspecified atom stereocenters. The van der Waals surface area contributed by atoms with Crippen molar-refractivity contribution in [3.8, 4) is 0 Å². The molecule has 18 heavy (non-hydrogen) atoms. The third kappa shape index (κ3) is 2.62. The van der Waals surface area contributed by atoms with Gasteiger partial charge in [-0.25, -0.2) is 0 Å². The van der Waals surface area contributed by atoms with Gasteiger partial charge >= 0.3 is 7.12 Å². The molecular weight excluding hydrogens is 223 g/mol. The van der Waals surface area contributed by atoms with Gasteiger partial charge in [-0.1, -0.05) is 37.1 Å². The van der Waals surface area contributed by atoms with E-state index in [4.69, 9.17) is 9.31 Å². The Morgan fingerprint density at radius 3 is 2.56 bits per heavy atom. The Labute approximate surface area is 111 Å². The maximum Gasteiger partial charge on any atom is 0.494 e. The third-order valence-electron chi connectivity index (χ3n) is 3.84. The molecule has 1 aliphatic rings. The topological polar surface area (TPSA) is 18.5 Å². The van der Waals surface area contributed by atoms with E-state index in [1.165, 1.54) is 17.5 Å². The molecule has 1 aromatic rings. The van der Waals surface area contributed by atoms with E-state index >= 15 is 0 Å². The minimum Gasteiger partial charge on any atom is -0.402 e. The zero-order valence-corrected chi connectivity index (χ0v) is 12.1. The van der Waals surface area contributed by atoms with Crippen LogP contribution in [0.4, 0.5) is 0 Å². The average molecular weight is 246 g/mol. The van der Waals surface area contributed by atoms with Gasteiger partial charge in [-0.3, -0.25) is 0 Å². The van der Waals surface area contributed by atoms with Crippen LogP contribution in [0.15, 0.2) is 18.2 Å². The zero-order valence-electron chi connectivity index (χ0n) is 12.1. The summed E-state index contributed by atoms with van der Waals surface area (Å²) in [5.74, 6) is 0. The molecule has 0 spiro atoms. The maximum absolute atomic E-state index is 6.01. The van der Waals surface area contributed by atoms with Crippen molar-refractivity contribution in [3.63, 3.8) is 0 Å². The summed E-state index contributed by atoms with van der Waals surface area (Å²) in [6.45, 7) is 10.6. The molecule has 1 heterocycles. The van der Waals surface area contributed by atoms with Crippen LogP contribution in [0.1, 0.15) is 45.2 Å². The molecule has 1 aliphatic heterocycles. The van der Waals surface area contributed by atoms with Gasteiger partial charge in [0.05, 0.1) is 11.7 Å². The Morgan fingerprint density at radius 1 is 1.33 bits per heavy atom. The van der Waals surface area contributed by atoms with Crippen LogP contribution in [0.2, 0.25) is 0 Å². The summed E-state index contributed by atoms with van der Waals surface area (Å²) < 4.78 is 11.9. The second-order valence-electron chi connectivity index (χ2n) is 5.77. The van der Waals surface area contributed by atoms with Gasteiger partial charge in [-0.2, -0.15) is 0 Å². The normalized spacial score (nSPS) is 22.5. The van der Waals surface area contributed by atoms with Crippen molar-refractivity contribution in [2.75, 3.05) is 0 Å². The van der Waals surface area contributed by atoms with Crippen LogP contribution in [-0.4, -0.2) is 18.8 Å². The van der Waals surface area contributed by atoms with Gasteiger partial charge in [0, 0.05) is 0 Å². The first kappa shape index (κ1) is 13.6. The Bertz CT molecular complexity index is 429. The summed E-state index contributed by atoms with van der Waals surface area (Å²) in [5, 5.41) is 0. The SMILES string of the molecule is CCCc1ccc(B2OC(C)C(C)(C)O2)c(C)c1. The fourth-order valence-electron chi connectivity index (χ4n) is 2.33. The third-order valence-corrected chi connectivity index (χ3v) is 3.84. The van der Waals surface area contributed by atoms with Crippen molar-refractivity contribution < 1.29 is 9.31 Å². The fourth-order valence-corrected chi connectivity index (χ4v) is 2.33. The van der Waals surface area contributed by atoms with E-state index < -0.39 is 0 Å². The fraction of sp³-hybridized carbons (Fsp3) is 0.600. The van der Waals surface area contributed by atoms with Gasteiger partial charge in [-0.05, 0) is 45.1 Å². The van der Waals surface area contributed by atoms with Gasteiger partial charge in [0.15, 0.2) is 0 Å². The highest BCUT2D eigenvalue weighted by Crippen LogP contribution is 2.27. The largest absolute Gasteiger partial charge is 0.494 e. The van der Waals surface area contributed by atoms with Crippen LogP contribution >= 0.6 is 0 Å². The lowest BCUT2D eigenvalue weighted by molar-refractivity contribution is 0.0842. The van der Waals surface area contributed by atoms with Crippen LogP contribution in [0.5, 0.6) is 0 Å². The van der Waals surface area contributed by atoms with Crippen molar-refractivity contribution in [1.29, 1.82) is 0 Å². The van der Waals surface area contributed by atoms with Crippen LogP contribution in [-0.2, 0) is 15.7 Å². The van der Waals surface area contributed by atoms with Gasteiger partial charge in [0.25, 0.3) is 0 Å². The lowest BCUT2D eigenvalue weighted by Crippen LogP contribution is -2.36. The average Bonchev–Trinajstić information content (AvgIpc) is 2.54. The van der Waals surface area contributed by atoms with Crippen molar-refractivity contribution in [1.82, 2.24) is 0 Å². The summed E-state index contributed by atoms with van der Waals surface area (Å²) in [6.07, 6.45) is 2.44. The highest BCUT2D eigenvalue weighted by atomic mass is 16.7. The Hall–Kier alpha value is -0.795. The molecule has 98 valence electrons. The van der Waals surface area contributed by atoms with E-state index in [0.29, 0.717) is 0 Å². The predicted molar refractivity (Wildman–Crippen MR) is 76.3 cm³/mol. The van der Waals surface area contributed by atoms with E-state index in [2.05, 4.69) is 52.8 Å². The number of rotatable bonds is 3. The zero-order chi connectivity index (χ0) is 13.3. The molecule has 2 nitrogen and oxygen atoms in total. The van der Waals surface area contributed by atoms with Crippen molar-refractivity contribution in [3.05, 3.63) is 29.3 Å². The molecule has 0 saturated carbocycles. The second kappa shape index (κ2) is 5.06. The summed E-state index contributed by atoms with van der Waals surface area (Å²) in [5.41, 5.74) is 3.60. The Kier molecular flexibility index (Phi) is 3.83. The van der Waals surface area contributed by atoms with E-state index in [1.807, 2.05) is 0 Å². The summed E-state index contributed by atoms with van der Waals surface area (Å²) in [7, 11) is -0.217. The first-order valence-corrected chi connectivity index (χ1v) is 6.86. The Morgan fingerprint density at radius 2 is 2.06 bits per heavy atom. The summed E-state index contributed by atoms with van der Waals surface area (Å²) >= 11 is 0. The van der Waals surface area contributed by atoms with E-state index in [9.17, 15) is 0 Å². The molecule has 1 fully saturated rings. The van der Waals surface area contributed by atoms with Crippen molar-refractivity contribution in [2.24, 2.45) is 0 Å². The monoisotopic (exact) mass is 246 g/mol. The van der Waals surface area contributed by atoms with Crippen LogP contribution in [0, 0.1) is 6.92 Å². The number of benzene rings is 1. The van der Waals surface area contributed by atoms with E-state index in [1.54, 1.807) is 0 Å². The molecule has 1 aromatic carbocycles. The molecular formula is C15H23BO2. The lowest BCUT2D eigenvalue weighted by atomic mass is 9.75. The van der Waals surface area contributed by atoms with E-state index in [0.717, 1.165) is 11.9 Å². The van der Waals surface area contributed by atoms with Crippen molar-refractivity contribution in [2.45, 2.75) is 59.2 Å². The number of aryl methyl sites for hydroxylation is 2. The Balaban J connectivity index is 2.20. The maximum atomic E-state index is 6.01. The van der Waals surface area contributed by atoms with Crippen LogP contribution in [0.25, 0.3) is 0 Å². The second-order valence-corrected chi connectivity index (χ2v) is 5.77. The van der Waals surface area contributed by atoms with Gasteiger partial charge in [-0.15, -0.1) is 0 Å². The predicted octanol–water partition coefficient (Wildman–Crippen LogP) is 2.86. The first-order chi connectivity index (χ1) is 8.44. The minimum atomic E-state index is -0.217. The summed E-state index contributed by atoms with van der Waals surface area (Å²) in [6, 6.07) is 6.59. The van der Waals surface area contributed by atoms with Gasteiger partial charge in [0.1, 0.15) is 0 Å². The molecule has 2 rings (SSSR count). The highest BCUT2D eigenvalue weighted by Gasteiger charge is 2.44. The lowest BCUT2D eigenvalue weighted by Gasteiger charge is -2.21. The highest BCUT2D eigenvalue weighted by molar-refractivity contribution is 6.62. The van der Waals surface area contributed by atoms with Gasteiger partial charge in [0.2, 0.25) is 0 Å². The van der Waals surface area contributed by atoms with Crippen molar-refractivity contribution >= 4 is 12.6 Å². The first-order valence-electron chi connectivity index (χ1n) is 6.86.